The van der Waals surface area contributed by atoms with Crippen molar-refractivity contribution in [1.29, 1.82) is 0 Å². The molecule has 0 radical (unpaired) electrons. The lowest BCUT2D eigenvalue weighted by atomic mass is 10.2. The highest BCUT2D eigenvalue weighted by molar-refractivity contribution is 5.80. The average molecular weight is 323 g/mol. The lowest BCUT2D eigenvalue weighted by Crippen LogP contribution is -2.21. The third-order valence-corrected chi connectivity index (χ3v) is 3.67. The van der Waals surface area contributed by atoms with E-state index >= 15 is 0 Å². The number of aromatic nitrogens is 7. The molecule has 0 saturated heterocycles. The van der Waals surface area contributed by atoms with Gasteiger partial charge in [0.1, 0.15) is 12.0 Å². The van der Waals surface area contributed by atoms with E-state index in [0.29, 0.717) is 5.69 Å². The molecule has 0 unspecified atom stereocenters. The van der Waals surface area contributed by atoms with Gasteiger partial charge in [0.25, 0.3) is 0 Å². The fourth-order valence-corrected chi connectivity index (χ4v) is 2.45. The molecule has 120 valence electrons. The van der Waals surface area contributed by atoms with Crippen molar-refractivity contribution in [2.75, 3.05) is 7.11 Å². The second-order valence-electron chi connectivity index (χ2n) is 5.15. The van der Waals surface area contributed by atoms with E-state index in [2.05, 4.69) is 20.2 Å². The van der Waals surface area contributed by atoms with E-state index in [9.17, 15) is 4.79 Å². The van der Waals surface area contributed by atoms with Crippen molar-refractivity contribution in [3.63, 3.8) is 0 Å². The molecule has 4 aromatic rings. The van der Waals surface area contributed by atoms with Gasteiger partial charge in [-0.1, -0.05) is 0 Å². The van der Waals surface area contributed by atoms with Gasteiger partial charge in [-0.3, -0.25) is 0 Å². The maximum atomic E-state index is 12.3. The van der Waals surface area contributed by atoms with Gasteiger partial charge in [-0.25, -0.2) is 24.0 Å². The van der Waals surface area contributed by atoms with Crippen LogP contribution in [0, 0.1) is 0 Å². The van der Waals surface area contributed by atoms with Crippen LogP contribution in [0.5, 0.6) is 6.01 Å². The maximum absolute atomic E-state index is 12.3. The first kappa shape index (κ1) is 14.1. The van der Waals surface area contributed by atoms with Gasteiger partial charge in [0.2, 0.25) is 0 Å². The second-order valence-corrected chi connectivity index (χ2v) is 5.15. The Morgan fingerprint density at radius 1 is 1.08 bits per heavy atom. The fraction of sp³-hybridized carbons (Fsp3) is 0.133. The zero-order chi connectivity index (χ0) is 16.7. The first-order valence-corrected chi connectivity index (χ1v) is 7.12. The van der Waals surface area contributed by atoms with Gasteiger partial charge in [0.05, 0.1) is 30.7 Å². The van der Waals surface area contributed by atoms with E-state index < -0.39 is 0 Å². The summed E-state index contributed by atoms with van der Waals surface area (Å²) in [4.78, 5) is 20.2. The van der Waals surface area contributed by atoms with Gasteiger partial charge in [-0.2, -0.15) is 9.78 Å². The summed E-state index contributed by atoms with van der Waals surface area (Å²) in [5.74, 6) is 0. The molecule has 24 heavy (non-hydrogen) atoms. The van der Waals surface area contributed by atoms with Crippen LogP contribution in [-0.4, -0.2) is 41.2 Å². The van der Waals surface area contributed by atoms with Crippen molar-refractivity contribution >= 4 is 10.9 Å². The van der Waals surface area contributed by atoms with Crippen molar-refractivity contribution in [2.45, 2.75) is 0 Å². The van der Waals surface area contributed by atoms with Crippen LogP contribution in [0.2, 0.25) is 0 Å². The SMILES string of the molecule is COc1nn(-c2ccc3nn(-c4cncnc4)cc3c2)c(=O)n1C. The summed E-state index contributed by atoms with van der Waals surface area (Å²) in [6.45, 7) is 0. The van der Waals surface area contributed by atoms with Gasteiger partial charge in [-0.05, 0) is 18.2 Å². The molecule has 9 heteroatoms. The Morgan fingerprint density at radius 3 is 2.58 bits per heavy atom. The zero-order valence-electron chi connectivity index (χ0n) is 13.0. The molecule has 0 fully saturated rings. The number of ether oxygens (including phenoxy) is 1. The maximum Gasteiger partial charge on any atom is 0.353 e. The van der Waals surface area contributed by atoms with Crippen molar-refractivity contribution in [3.05, 3.63) is 53.6 Å². The molecule has 0 aliphatic rings. The van der Waals surface area contributed by atoms with Crippen molar-refractivity contribution in [1.82, 2.24) is 34.1 Å². The average Bonchev–Trinajstić information content (AvgIpc) is 3.17. The first-order valence-electron chi connectivity index (χ1n) is 7.12. The molecule has 3 heterocycles. The van der Waals surface area contributed by atoms with Crippen LogP contribution in [0.25, 0.3) is 22.3 Å². The molecule has 3 aromatic heterocycles. The highest BCUT2D eigenvalue weighted by Crippen LogP contribution is 2.18. The van der Waals surface area contributed by atoms with E-state index in [1.54, 1.807) is 30.2 Å². The lowest BCUT2D eigenvalue weighted by Gasteiger charge is -1.98. The normalized spacial score (nSPS) is 11.1. The van der Waals surface area contributed by atoms with Gasteiger partial charge >= 0.3 is 11.7 Å². The minimum Gasteiger partial charge on any atom is -0.467 e. The highest BCUT2D eigenvalue weighted by atomic mass is 16.5. The molecule has 9 nitrogen and oxygen atoms in total. The summed E-state index contributed by atoms with van der Waals surface area (Å²) in [7, 11) is 3.08. The number of hydrogen-bond donors (Lipinski definition) is 0. The van der Waals surface area contributed by atoms with E-state index in [1.807, 2.05) is 18.3 Å². The van der Waals surface area contributed by atoms with Crippen molar-refractivity contribution in [2.24, 2.45) is 7.05 Å². The van der Waals surface area contributed by atoms with Crippen molar-refractivity contribution < 1.29 is 4.74 Å². The van der Waals surface area contributed by atoms with E-state index in [-0.39, 0.29) is 11.7 Å². The van der Waals surface area contributed by atoms with Crippen LogP contribution in [0.4, 0.5) is 0 Å². The largest absolute Gasteiger partial charge is 0.467 e. The third-order valence-electron chi connectivity index (χ3n) is 3.67. The predicted octanol–water partition coefficient (Wildman–Crippen LogP) is 0.708. The Bertz CT molecular complexity index is 1080. The molecule has 0 atom stereocenters. The van der Waals surface area contributed by atoms with Gasteiger partial charge in [0, 0.05) is 18.6 Å². The van der Waals surface area contributed by atoms with Gasteiger partial charge < -0.3 is 4.74 Å². The van der Waals surface area contributed by atoms with Gasteiger partial charge in [0.15, 0.2) is 0 Å². The lowest BCUT2D eigenvalue weighted by molar-refractivity contribution is 0.362. The Kier molecular flexibility index (Phi) is 3.12. The van der Waals surface area contributed by atoms with Crippen molar-refractivity contribution in [3.8, 4) is 17.4 Å². The molecule has 0 spiro atoms. The standard InChI is InChI=1S/C15H13N7O2/c1-20-14(24-2)19-22(15(20)23)11-3-4-13-10(5-11)8-21(18-13)12-6-16-9-17-7-12/h3-9H,1-2H3. The molecule has 1 aromatic carbocycles. The van der Waals surface area contributed by atoms with Gasteiger partial charge in [-0.15, -0.1) is 5.10 Å². The van der Waals surface area contributed by atoms with Crippen LogP contribution in [-0.2, 0) is 7.05 Å². The quantitative estimate of drug-likeness (QED) is 0.551. The minimum absolute atomic E-state index is 0.247. The first-order chi connectivity index (χ1) is 11.7. The Hall–Kier alpha value is -3.49. The topological polar surface area (TPSA) is 92.7 Å². The number of fused-ring (bicyclic) bond motifs is 1. The zero-order valence-corrected chi connectivity index (χ0v) is 13.0. The fourth-order valence-electron chi connectivity index (χ4n) is 2.45. The summed E-state index contributed by atoms with van der Waals surface area (Å²) < 4.78 is 9.40. The molecule has 4 rings (SSSR count). The molecule has 0 N–H and O–H groups in total. The van der Waals surface area contributed by atoms with Crippen LogP contribution in [0.1, 0.15) is 0 Å². The molecule has 0 amide bonds. The molecule has 0 aliphatic carbocycles. The molecule has 0 aliphatic heterocycles. The number of hydrogen-bond acceptors (Lipinski definition) is 6. The van der Waals surface area contributed by atoms with Crippen LogP contribution < -0.4 is 10.4 Å². The van der Waals surface area contributed by atoms with Crippen LogP contribution in [0.3, 0.4) is 0 Å². The predicted molar refractivity (Wildman–Crippen MR) is 85.6 cm³/mol. The minimum atomic E-state index is -0.282. The molecular formula is C15H13N7O2. The van der Waals surface area contributed by atoms with Crippen LogP contribution in [0.15, 0.2) is 47.9 Å². The number of methoxy groups -OCH3 is 1. The summed E-state index contributed by atoms with van der Waals surface area (Å²) in [6.07, 6.45) is 6.66. The number of nitrogens with zero attached hydrogens (tertiary/aromatic N) is 7. The molecule has 0 bridgehead atoms. The molecular weight excluding hydrogens is 310 g/mol. The summed E-state index contributed by atoms with van der Waals surface area (Å²) in [6, 6.07) is 5.71. The Morgan fingerprint density at radius 2 is 1.88 bits per heavy atom. The smallest absolute Gasteiger partial charge is 0.353 e. The summed E-state index contributed by atoms with van der Waals surface area (Å²) in [5, 5.41) is 9.51. The van der Waals surface area contributed by atoms with Crippen LogP contribution >= 0.6 is 0 Å². The Labute approximate surface area is 135 Å². The summed E-state index contributed by atoms with van der Waals surface area (Å²) >= 11 is 0. The number of rotatable bonds is 3. The van der Waals surface area contributed by atoms with E-state index in [4.69, 9.17) is 4.74 Å². The Balaban J connectivity index is 1.83. The second kappa shape index (κ2) is 5.30. The van der Waals surface area contributed by atoms with E-state index in [0.717, 1.165) is 16.6 Å². The molecule has 0 saturated carbocycles. The summed E-state index contributed by atoms with van der Waals surface area (Å²) in [5.41, 5.74) is 1.90. The highest BCUT2D eigenvalue weighted by Gasteiger charge is 2.13. The number of benzene rings is 1. The van der Waals surface area contributed by atoms with E-state index in [1.165, 1.54) is 22.7 Å². The third kappa shape index (κ3) is 2.14. The monoisotopic (exact) mass is 323 g/mol.